The van der Waals surface area contributed by atoms with Crippen LogP contribution in [-0.2, 0) is 9.53 Å². The van der Waals surface area contributed by atoms with E-state index in [1.54, 1.807) is 4.90 Å². The van der Waals surface area contributed by atoms with Crippen LogP contribution < -0.4 is 0 Å². The molecule has 5 heteroatoms. The van der Waals surface area contributed by atoms with Gasteiger partial charge in [0.2, 0.25) is 5.91 Å². The Labute approximate surface area is 126 Å². The number of hydrogen-bond donors (Lipinski definition) is 0. The molecule has 0 bridgehead atoms. The summed E-state index contributed by atoms with van der Waals surface area (Å²) < 4.78 is 4.81. The van der Waals surface area contributed by atoms with Gasteiger partial charge in [0.1, 0.15) is 0 Å². The van der Waals surface area contributed by atoms with E-state index in [9.17, 15) is 9.59 Å². The highest BCUT2D eigenvalue weighted by atomic mass is 16.5. The van der Waals surface area contributed by atoms with Crippen molar-refractivity contribution >= 4 is 12.0 Å². The smallest absolute Gasteiger partial charge is 0.409 e. The molecule has 1 aliphatic carbocycles. The molecule has 1 saturated carbocycles. The maximum atomic E-state index is 13.1. The molecule has 0 N–H and O–H groups in total. The lowest BCUT2D eigenvalue weighted by Crippen LogP contribution is -2.54. The number of piperidine rings is 1. The summed E-state index contributed by atoms with van der Waals surface area (Å²) in [4.78, 5) is 28.6. The van der Waals surface area contributed by atoms with Crippen molar-refractivity contribution in [1.82, 2.24) is 9.80 Å². The number of methoxy groups -OCH3 is 1. The molecule has 1 atom stereocenters. The summed E-state index contributed by atoms with van der Waals surface area (Å²) >= 11 is 0. The Hall–Kier alpha value is -1.26. The van der Waals surface area contributed by atoms with Gasteiger partial charge >= 0.3 is 6.09 Å². The van der Waals surface area contributed by atoms with Crippen molar-refractivity contribution in [3.8, 4) is 0 Å². The van der Waals surface area contributed by atoms with Crippen LogP contribution in [0.1, 0.15) is 51.4 Å². The van der Waals surface area contributed by atoms with Crippen LogP contribution in [0.25, 0.3) is 0 Å². The van der Waals surface area contributed by atoms with Gasteiger partial charge in [-0.3, -0.25) is 4.79 Å². The van der Waals surface area contributed by atoms with Gasteiger partial charge in [-0.05, 0) is 32.1 Å². The number of nitrogens with zero attached hydrogens (tertiary/aromatic N) is 2. The van der Waals surface area contributed by atoms with Crippen LogP contribution in [-0.4, -0.2) is 54.6 Å². The monoisotopic (exact) mass is 294 g/mol. The number of carbonyl (C=O) groups is 2. The highest BCUT2D eigenvalue weighted by Gasteiger charge is 2.50. The molecule has 0 aromatic heterocycles. The lowest BCUT2D eigenvalue weighted by molar-refractivity contribution is -0.149. The summed E-state index contributed by atoms with van der Waals surface area (Å²) in [6.07, 6.45) is 8.59. The van der Waals surface area contributed by atoms with Crippen molar-refractivity contribution < 1.29 is 14.3 Å². The van der Waals surface area contributed by atoms with Crippen molar-refractivity contribution in [1.29, 1.82) is 0 Å². The van der Waals surface area contributed by atoms with Gasteiger partial charge in [-0.15, -0.1) is 0 Å². The van der Waals surface area contributed by atoms with Gasteiger partial charge in [0.05, 0.1) is 12.5 Å². The first-order valence-electron chi connectivity index (χ1n) is 8.30. The molecule has 2 heterocycles. The minimum atomic E-state index is -0.329. The zero-order valence-corrected chi connectivity index (χ0v) is 13.0. The predicted molar refractivity (Wildman–Crippen MR) is 78.8 cm³/mol. The summed E-state index contributed by atoms with van der Waals surface area (Å²) in [5.74, 6) is 0.298. The molecule has 2 saturated heterocycles. The van der Waals surface area contributed by atoms with E-state index in [2.05, 4.69) is 4.90 Å². The molecule has 0 radical (unpaired) electrons. The van der Waals surface area contributed by atoms with Gasteiger partial charge in [-0.2, -0.15) is 0 Å². The van der Waals surface area contributed by atoms with Gasteiger partial charge < -0.3 is 14.5 Å². The molecular formula is C16H26N2O3. The first kappa shape index (κ1) is 14.7. The molecule has 3 rings (SSSR count). The molecule has 3 aliphatic rings. The lowest BCUT2D eigenvalue weighted by atomic mass is 9.77. The van der Waals surface area contributed by atoms with Crippen molar-refractivity contribution in [2.75, 3.05) is 26.7 Å². The van der Waals surface area contributed by atoms with Crippen LogP contribution in [0.4, 0.5) is 4.79 Å². The van der Waals surface area contributed by atoms with Crippen molar-refractivity contribution in [3.05, 3.63) is 0 Å². The van der Waals surface area contributed by atoms with Gasteiger partial charge in [0.15, 0.2) is 0 Å². The molecule has 0 aromatic rings. The molecule has 0 aromatic carbocycles. The standard InChI is InChI=1S/C16H26N2O3/c1-21-15(20)17-11-9-16(12-17)8-5-10-18(14(16)19)13-6-3-2-4-7-13/h13H,2-12H2,1H3/t16-/m1/s1. The molecule has 3 fully saturated rings. The van der Waals surface area contributed by atoms with E-state index < -0.39 is 0 Å². The Morgan fingerprint density at radius 1 is 1.14 bits per heavy atom. The van der Waals surface area contributed by atoms with Gasteiger partial charge in [0.25, 0.3) is 0 Å². The van der Waals surface area contributed by atoms with Crippen molar-refractivity contribution in [2.24, 2.45) is 5.41 Å². The minimum absolute atomic E-state index is 0.297. The zero-order chi connectivity index (χ0) is 14.9. The maximum absolute atomic E-state index is 13.1. The molecular weight excluding hydrogens is 268 g/mol. The van der Waals surface area contributed by atoms with Crippen LogP contribution in [0, 0.1) is 5.41 Å². The first-order valence-corrected chi connectivity index (χ1v) is 8.30. The topological polar surface area (TPSA) is 49.9 Å². The number of hydrogen-bond acceptors (Lipinski definition) is 3. The van der Waals surface area contributed by atoms with E-state index in [-0.39, 0.29) is 11.5 Å². The maximum Gasteiger partial charge on any atom is 0.409 e. The van der Waals surface area contributed by atoms with Crippen LogP contribution in [0.15, 0.2) is 0 Å². The molecule has 2 aliphatic heterocycles. The first-order chi connectivity index (χ1) is 10.2. The van der Waals surface area contributed by atoms with E-state index in [0.717, 1.165) is 38.6 Å². The third-order valence-corrected chi connectivity index (χ3v) is 5.57. The normalized spacial score (nSPS) is 31.0. The van der Waals surface area contributed by atoms with Crippen LogP contribution in [0.3, 0.4) is 0 Å². The number of carbonyl (C=O) groups excluding carboxylic acids is 2. The van der Waals surface area contributed by atoms with Crippen LogP contribution in [0.5, 0.6) is 0 Å². The lowest BCUT2D eigenvalue weighted by Gasteiger charge is -2.44. The second-order valence-electron chi connectivity index (χ2n) is 6.82. The second kappa shape index (κ2) is 5.85. The summed E-state index contributed by atoms with van der Waals surface area (Å²) in [5, 5.41) is 0. The quantitative estimate of drug-likeness (QED) is 0.746. The highest BCUT2D eigenvalue weighted by Crippen LogP contribution is 2.42. The Morgan fingerprint density at radius 3 is 2.62 bits per heavy atom. The molecule has 118 valence electrons. The zero-order valence-electron chi connectivity index (χ0n) is 13.0. The summed E-state index contributed by atoms with van der Waals surface area (Å²) in [6, 6.07) is 0.440. The average molecular weight is 294 g/mol. The Morgan fingerprint density at radius 2 is 1.90 bits per heavy atom. The van der Waals surface area contributed by atoms with Crippen molar-refractivity contribution in [2.45, 2.75) is 57.4 Å². The Kier molecular flexibility index (Phi) is 4.09. The van der Waals surface area contributed by atoms with E-state index in [4.69, 9.17) is 4.74 Å². The van der Waals surface area contributed by atoms with E-state index in [1.807, 2.05) is 0 Å². The fraction of sp³-hybridized carbons (Fsp3) is 0.875. The Bertz CT molecular complexity index is 420. The molecule has 21 heavy (non-hydrogen) atoms. The minimum Gasteiger partial charge on any atom is -0.453 e. The molecule has 1 spiro atoms. The third-order valence-electron chi connectivity index (χ3n) is 5.57. The number of rotatable bonds is 1. The fourth-order valence-electron chi connectivity index (χ4n) is 4.38. The summed E-state index contributed by atoms with van der Waals surface area (Å²) in [6.45, 7) is 2.10. The van der Waals surface area contributed by atoms with Crippen LogP contribution >= 0.6 is 0 Å². The average Bonchev–Trinajstić information content (AvgIpc) is 2.95. The Balaban J connectivity index is 1.71. The second-order valence-corrected chi connectivity index (χ2v) is 6.82. The highest BCUT2D eigenvalue weighted by molar-refractivity contribution is 5.85. The predicted octanol–water partition coefficient (Wildman–Crippen LogP) is 2.40. The van der Waals surface area contributed by atoms with E-state index >= 15 is 0 Å². The number of amides is 2. The third kappa shape index (κ3) is 2.62. The largest absolute Gasteiger partial charge is 0.453 e. The van der Waals surface area contributed by atoms with E-state index in [0.29, 0.717) is 25.0 Å². The van der Waals surface area contributed by atoms with Crippen molar-refractivity contribution in [3.63, 3.8) is 0 Å². The molecule has 2 amide bonds. The van der Waals surface area contributed by atoms with Gasteiger partial charge in [0, 0.05) is 25.7 Å². The summed E-state index contributed by atoms with van der Waals surface area (Å²) in [7, 11) is 1.41. The molecule has 0 unspecified atom stereocenters. The van der Waals surface area contributed by atoms with Crippen LogP contribution in [0.2, 0.25) is 0 Å². The van der Waals surface area contributed by atoms with Gasteiger partial charge in [-0.1, -0.05) is 19.3 Å². The fourth-order valence-corrected chi connectivity index (χ4v) is 4.38. The number of likely N-dealkylation sites (tertiary alicyclic amines) is 2. The summed E-state index contributed by atoms with van der Waals surface area (Å²) in [5.41, 5.74) is -0.329. The SMILES string of the molecule is COC(=O)N1CC[C@]2(CCCN(C3CCCCC3)C2=O)C1. The van der Waals surface area contributed by atoms with E-state index in [1.165, 1.54) is 26.4 Å². The van der Waals surface area contributed by atoms with Gasteiger partial charge in [-0.25, -0.2) is 4.79 Å². The number of ether oxygens (including phenoxy) is 1. The molecule has 5 nitrogen and oxygen atoms in total.